The van der Waals surface area contributed by atoms with Crippen LogP contribution < -0.4 is 5.73 Å². The van der Waals surface area contributed by atoms with Crippen molar-refractivity contribution in [1.82, 2.24) is 20.0 Å². The van der Waals surface area contributed by atoms with Crippen LogP contribution in [-0.4, -0.2) is 20.0 Å². The highest BCUT2D eigenvalue weighted by Crippen LogP contribution is 2.16. The molecule has 0 amide bonds. The Hall–Kier alpha value is -2.27. The second-order valence-electron chi connectivity index (χ2n) is 4.22. The van der Waals surface area contributed by atoms with Crippen LogP contribution in [0.3, 0.4) is 0 Å². The van der Waals surface area contributed by atoms with E-state index in [9.17, 15) is 0 Å². The molecule has 2 N–H and O–H groups in total. The lowest BCUT2D eigenvalue weighted by Crippen LogP contribution is -2.07. The molecule has 0 aliphatic heterocycles. The van der Waals surface area contributed by atoms with Crippen molar-refractivity contribution in [3.63, 3.8) is 0 Å². The molecule has 0 spiro atoms. The lowest BCUT2D eigenvalue weighted by molar-refractivity contribution is 0.771. The van der Waals surface area contributed by atoms with Gasteiger partial charge in [-0.15, -0.1) is 5.10 Å². The average molecular weight is 239 g/mol. The predicted molar refractivity (Wildman–Crippen MR) is 69.3 cm³/mol. The lowest BCUT2D eigenvalue weighted by Gasteiger charge is -2.06. The van der Waals surface area contributed by atoms with E-state index in [1.807, 2.05) is 43.3 Å². The van der Waals surface area contributed by atoms with Crippen molar-refractivity contribution in [2.45, 2.75) is 13.0 Å². The van der Waals surface area contributed by atoms with Gasteiger partial charge in [-0.05, 0) is 31.2 Å². The van der Waals surface area contributed by atoms with E-state index >= 15 is 0 Å². The highest BCUT2D eigenvalue weighted by atomic mass is 15.4. The molecule has 0 fully saturated rings. The van der Waals surface area contributed by atoms with Crippen molar-refractivity contribution in [3.8, 4) is 5.69 Å². The maximum Gasteiger partial charge on any atom is 0.113 e. The van der Waals surface area contributed by atoms with Crippen molar-refractivity contribution in [3.05, 3.63) is 48.3 Å². The van der Waals surface area contributed by atoms with Crippen molar-refractivity contribution in [2.24, 2.45) is 5.73 Å². The van der Waals surface area contributed by atoms with Gasteiger partial charge < -0.3 is 5.73 Å². The van der Waals surface area contributed by atoms with Crippen molar-refractivity contribution < 1.29 is 0 Å². The van der Waals surface area contributed by atoms with E-state index in [2.05, 4.69) is 15.3 Å². The molecule has 18 heavy (non-hydrogen) atoms. The molecule has 1 aromatic carbocycles. The van der Waals surface area contributed by atoms with Crippen LogP contribution in [0, 0.1) is 0 Å². The molecule has 1 atom stereocenters. The fourth-order valence-corrected chi connectivity index (χ4v) is 1.85. The van der Waals surface area contributed by atoms with Crippen LogP contribution in [0.5, 0.6) is 0 Å². The Balaban J connectivity index is 2.09. The number of nitrogens with zero attached hydrogens (tertiary/aromatic N) is 4. The predicted octanol–water partition coefficient (Wildman–Crippen LogP) is 1.84. The molecule has 0 aliphatic rings. The van der Waals surface area contributed by atoms with Gasteiger partial charge in [0.15, 0.2) is 0 Å². The lowest BCUT2D eigenvalue weighted by atomic mass is 10.2. The summed E-state index contributed by atoms with van der Waals surface area (Å²) < 4.78 is 1.77. The maximum absolute atomic E-state index is 5.78. The Morgan fingerprint density at radius 1 is 1.17 bits per heavy atom. The first-order valence-corrected chi connectivity index (χ1v) is 5.78. The topological polar surface area (TPSA) is 69.6 Å². The Labute approximate surface area is 104 Å². The average Bonchev–Trinajstić information content (AvgIpc) is 2.82. The molecule has 2 heterocycles. The maximum atomic E-state index is 5.78. The van der Waals surface area contributed by atoms with E-state index in [-0.39, 0.29) is 6.04 Å². The molecule has 5 nitrogen and oxygen atoms in total. The van der Waals surface area contributed by atoms with Gasteiger partial charge >= 0.3 is 0 Å². The minimum atomic E-state index is -0.0634. The van der Waals surface area contributed by atoms with Crippen molar-refractivity contribution in [2.75, 3.05) is 0 Å². The van der Waals surface area contributed by atoms with Crippen LogP contribution >= 0.6 is 0 Å². The van der Waals surface area contributed by atoms with Crippen LogP contribution in [0.15, 0.2) is 42.6 Å². The Kier molecular flexibility index (Phi) is 2.53. The highest BCUT2D eigenvalue weighted by Gasteiger charge is 2.07. The summed E-state index contributed by atoms with van der Waals surface area (Å²) in [6, 6.07) is 11.6. The summed E-state index contributed by atoms with van der Waals surface area (Å²) in [7, 11) is 0. The Morgan fingerprint density at radius 3 is 2.72 bits per heavy atom. The zero-order valence-corrected chi connectivity index (χ0v) is 9.99. The molecule has 5 heteroatoms. The van der Waals surface area contributed by atoms with Crippen LogP contribution in [0.2, 0.25) is 0 Å². The second kappa shape index (κ2) is 4.19. The number of aromatic nitrogens is 4. The van der Waals surface area contributed by atoms with Gasteiger partial charge in [-0.1, -0.05) is 17.3 Å². The molecular weight excluding hydrogens is 226 g/mol. The molecule has 0 aliphatic carbocycles. The number of fused-ring (bicyclic) bond motifs is 1. The molecule has 0 unspecified atom stereocenters. The quantitative estimate of drug-likeness (QED) is 0.740. The third-order valence-electron chi connectivity index (χ3n) is 2.83. The summed E-state index contributed by atoms with van der Waals surface area (Å²) in [5, 5.41) is 8.25. The minimum absolute atomic E-state index is 0.0634. The van der Waals surface area contributed by atoms with Gasteiger partial charge in [-0.2, -0.15) is 0 Å². The number of hydrogen-bond acceptors (Lipinski definition) is 4. The van der Waals surface area contributed by atoms with E-state index in [0.717, 1.165) is 22.4 Å². The zero-order chi connectivity index (χ0) is 12.5. The SMILES string of the molecule is C[C@@H](N)c1ccc(-n2nnc3ccccc32)cn1. The minimum Gasteiger partial charge on any atom is -0.323 e. The molecule has 2 aromatic heterocycles. The van der Waals surface area contributed by atoms with Gasteiger partial charge in [0, 0.05) is 6.04 Å². The number of benzene rings is 1. The van der Waals surface area contributed by atoms with Crippen LogP contribution in [-0.2, 0) is 0 Å². The summed E-state index contributed by atoms with van der Waals surface area (Å²) in [6.45, 7) is 1.91. The number of para-hydroxylation sites is 1. The van der Waals surface area contributed by atoms with E-state index in [0.29, 0.717) is 0 Å². The monoisotopic (exact) mass is 239 g/mol. The van der Waals surface area contributed by atoms with Gasteiger partial charge in [-0.25, -0.2) is 4.68 Å². The van der Waals surface area contributed by atoms with E-state index in [1.165, 1.54) is 0 Å². The third kappa shape index (κ3) is 1.74. The van der Waals surface area contributed by atoms with Gasteiger partial charge in [0.1, 0.15) is 5.52 Å². The van der Waals surface area contributed by atoms with Crippen molar-refractivity contribution in [1.29, 1.82) is 0 Å². The summed E-state index contributed by atoms with van der Waals surface area (Å²) in [5.41, 5.74) is 9.36. The third-order valence-corrected chi connectivity index (χ3v) is 2.83. The van der Waals surface area contributed by atoms with Crippen LogP contribution in [0.1, 0.15) is 18.7 Å². The van der Waals surface area contributed by atoms with Gasteiger partial charge in [0.2, 0.25) is 0 Å². The fraction of sp³-hybridized carbons (Fsp3) is 0.154. The summed E-state index contributed by atoms with van der Waals surface area (Å²) in [4.78, 5) is 4.33. The van der Waals surface area contributed by atoms with Crippen LogP contribution in [0.4, 0.5) is 0 Å². The number of rotatable bonds is 2. The molecule has 90 valence electrons. The van der Waals surface area contributed by atoms with Crippen LogP contribution in [0.25, 0.3) is 16.7 Å². The number of nitrogens with two attached hydrogens (primary N) is 1. The molecule has 0 radical (unpaired) electrons. The number of hydrogen-bond donors (Lipinski definition) is 1. The first-order chi connectivity index (χ1) is 8.75. The summed E-state index contributed by atoms with van der Waals surface area (Å²) >= 11 is 0. The molecule has 3 rings (SSSR count). The number of pyridine rings is 1. The van der Waals surface area contributed by atoms with E-state index < -0.39 is 0 Å². The fourth-order valence-electron chi connectivity index (χ4n) is 1.85. The summed E-state index contributed by atoms with van der Waals surface area (Å²) in [6.07, 6.45) is 1.76. The first kappa shape index (κ1) is 10.9. The standard InChI is InChI=1S/C13H13N5/c1-9(14)11-7-6-10(8-15-11)18-13-5-3-2-4-12(13)16-17-18/h2-9H,14H2,1H3/t9-/m1/s1. The largest absolute Gasteiger partial charge is 0.323 e. The molecule has 3 aromatic rings. The van der Waals surface area contributed by atoms with E-state index in [4.69, 9.17) is 5.73 Å². The first-order valence-electron chi connectivity index (χ1n) is 5.78. The van der Waals surface area contributed by atoms with E-state index in [1.54, 1.807) is 10.9 Å². The van der Waals surface area contributed by atoms with Gasteiger partial charge in [0.25, 0.3) is 0 Å². The Bertz CT molecular complexity index is 669. The molecule has 0 bridgehead atoms. The Morgan fingerprint density at radius 2 is 2.00 bits per heavy atom. The highest BCUT2D eigenvalue weighted by molar-refractivity contribution is 5.75. The normalized spacial score (nSPS) is 12.8. The molecule has 0 saturated carbocycles. The van der Waals surface area contributed by atoms with Gasteiger partial charge in [0.05, 0.1) is 23.1 Å². The smallest absolute Gasteiger partial charge is 0.113 e. The van der Waals surface area contributed by atoms with Crippen molar-refractivity contribution >= 4 is 11.0 Å². The molecule has 0 saturated heterocycles. The van der Waals surface area contributed by atoms with Gasteiger partial charge in [-0.3, -0.25) is 4.98 Å². The zero-order valence-electron chi connectivity index (χ0n) is 9.99. The summed E-state index contributed by atoms with van der Waals surface area (Å²) in [5.74, 6) is 0. The molecular formula is C13H13N5. The second-order valence-corrected chi connectivity index (χ2v) is 4.22.